The molecule has 1 aromatic carbocycles. The van der Waals surface area contributed by atoms with Crippen molar-refractivity contribution in [1.29, 1.82) is 0 Å². The van der Waals surface area contributed by atoms with Crippen LogP contribution in [0.25, 0.3) is 10.1 Å². The van der Waals surface area contributed by atoms with Gasteiger partial charge in [-0.1, -0.05) is 24.3 Å². The molecule has 0 aliphatic heterocycles. The van der Waals surface area contributed by atoms with Gasteiger partial charge in [0.15, 0.2) is 5.03 Å². The van der Waals surface area contributed by atoms with Crippen LogP contribution in [0.5, 0.6) is 0 Å². The lowest BCUT2D eigenvalue weighted by atomic mass is 10.2. The van der Waals surface area contributed by atoms with Gasteiger partial charge in [-0.05, 0) is 23.6 Å². The van der Waals surface area contributed by atoms with E-state index in [2.05, 4.69) is 16.8 Å². The molecule has 22 heavy (non-hydrogen) atoms. The summed E-state index contributed by atoms with van der Waals surface area (Å²) in [5.41, 5.74) is -0.448. The average molecular weight is 332 g/mol. The quantitative estimate of drug-likeness (QED) is 0.745. The molecule has 0 saturated heterocycles. The monoisotopic (exact) mass is 332 g/mol. The van der Waals surface area contributed by atoms with Crippen molar-refractivity contribution in [3.8, 4) is 0 Å². The van der Waals surface area contributed by atoms with Crippen LogP contribution in [0.2, 0.25) is 0 Å². The van der Waals surface area contributed by atoms with E-state index >= 15 is 0 Å². The number of hydrogen-bond acceptors (Lipinski definition) is 5. The molecule has 5 nitrogen and oxygen atoms in total. The van der Waals surface area contributed by atoms with Crippen molar-refractivity contribution in [2.45, 2.75) is 10.3 Å². The summed E-state index contributed by atoms with van der Waals surface area (Å²) in [6.07, 6.45) is 1.38. The van der Waals surface area contributed by atoms with Gasteiger partial charge in [0.05, 0.1) is 0 Å². The number of thiophene rings is 1. The first-order valence-electron chi connectivity index (χ1n) is 6.43. The minimum absolute atomic E-state index is 0.172. The van der Waals surface area contributed by atoms with Crippen LogP contribution in [0, 0.1) is 0 Å². The van der Waals surface area contributed by atoms with Crippen LogP contribution in [0.4, 0.5) is 0 Å². The zero-order valence-electron chi connectivity index (χ0n) is 11.4. The summed E-state index contributed by atoms with van der Waals surface area (Å²) >= 11 is 1.40. The summed E-state index contributed by atoms with van der Waals surface area (Å²) in [5.74, 6) is 0. The van der Waals surface area contributed by atoms with E-state index in [1.54, 1.807) is 0 Å². The number of nitrogens with one attached hydrogen (secondary N) is 1. The molecule has 1 N–H and O–H groups in total. The van der Waals surface area contributed by atoms with Crippen molar-refractivity contribution in [2.75, 3.05) is 0 Å². The molecule has 0 aliphatic carbocycles. The third kappa shape index (κ3) is 2.49. The van der Waals surface area contributed by atoms with Gasteiger partial charge in [0, 0.05) is 15.6 Å². The van der Waals surface area contributed by atoms with Crippen LogP contribution in [0.3, 0.4) is 0 Å². The summed E-state index contributed by atoms with van der Waals surface area (Å²) in [5, 5.41) is 5.69. The number of H-pyrrole nitrogens is 1. The molecule has 0 aliphatic rings. The van der Waals surface area contributed by atoms with Crippen molar-refractivity contribution in [2.24, 2.45) is 0 Å². The topological polar surface area (TPSA) is 79.9 Å². The molecule has 3 aromatic rings. The number of fused-ring (bicyclic) bond motifs is 1. The first-order chi connectivity index (χ1) is 10.5. The SMILES string of the molecule is C=CC(c1cc2ccccc2s1)S(=O)(=O)c1ccc(=O)[nH]n1. The summed E-state index contributed by atoms with van der Waals surface area (Å²) < 4.78 is 26.4. The van der Waals surface area contributed by atoms with Gasteiger partial charge in [-0.2, -0.15) is 5.10 Å². The van der Waals surface area contributed by atoms with Crippen molar-refractivity contribution >= 4 is 31.3 Å². The van der Waals surface area contributed by atoms with E-state index in [-0.39, 0.29) is 5.03 Å². The van der Waals surface area contributed by atoms with Gasteiger partial charge in [-0.25, -0.2) is 13.5 Å². The predicted octanol–water partition coefficient (Wildman–Crippen LogP) is 2.69. The maximum Gasteiger partial charge on any atom is 0.264 e. The Morgan fingerprint density at radius 2 is 2.00 bits per heavy atom. The van der Waals surface area contributed by atoms with Crippen molar-refractivity contribution < 1.29 is 8.42 Å². The molecule has 7 heteroatoms. The summed E-state index contributed by atoms with van der Waals surface area (Å²) in [4.78, 5) is 11.7. The maximum absolute atomic E-state index is 12.7. The molecule has 3 rings (SSSR count). The first-order valence-corrected chi connectivity index (χ1v) is 8.79. The molecule has 1 unspecified atom stereocenters. The lowest BCUT2D eigenvalue weighted by Gasteiger charge is -2.10. The van der Waals surface area contributed by atoms with E-state index in [4.69, 9.17) is 0 Å². The summed E-state index contributed by atoms with van der Waals surface area (Å²) in [7, 11) is -3.76. The molecular formula is C15H12N2O3S2. The van der Waals surface area contributed by atoms with Gasteiger partial charge in [-0.3, -0.25) is 4.79 Å². The number of benzene rings is 1. The molecule has 0 amide bonds. The molecule has 0 fully saturated rings. The number of aromatic amines is 1. The highest BCUT2D eigenvalue weighted by Crippen LogP contribution is 2.36. The normalized spacial score (nSPS) is 13.1. The van der Waals surface area contributed by atoms with Crippen LogP contribution in [-0.4, -0.2) is 18.6 Å². The van der Waals surface area contributed by atoms with E-state index in [1.807, 2.05) is 30.3 Å². The number of hydrogen-bond donors (Lipinski definition) is 1. The first kappa shape index (κ1) is 14.7. The zero-order chi connectivity index (χ0) is 15.7. The lowest BCUT2D eigenvalue weighted by Crippen LogP contribution is -2.16. The fourth-order valence-corrected chi connectivity index (χ4v) is 5.04. The van der Waals surface area contributed by atoms with E-state index in [1.165, 1.54) is 23.5 Å². The van der Waals surface area contributed by atoms with Crippen LogP contribution in [0.1, 0.15) is 10.1 Å². The van der Waals surface area contributed by atoms with E-state index < -0.39 is 20.6 Å². The molecule has 2 aromatic heterocycles. The molecular weight excluding hydrogens is 320 g/mol. The van der Waals surface area contributed by atoms with E-state index in [0.29, 0.717) is 4.88 Å². The Hall–Kier alpha value is -2.25. The Kier molecular flexibility index (Phi) is 3.67. The summed E-state index contributed by atoms with van der Waals surface area (Å²) in [6, 6.07) is 11.9. The Labute approximate surface area is 130 Å². The highest BCUT2D eigenvalue weighted by Gasteiger charge is 2.29. The second kappa shape index (κ2) is 5.51. The smallest absolute Gasteiger partial charge is 0.264 e. The second-order valence-electron chi connectivity index (χ2n) is 4.65. The standard InChI is InChI=1S/C15H12N2O3S2/c1-2-13(12-9-10-5-3-4-6-11(10)21-12)22(19,20)15-8-7-14(18)16-17-15/h2-9,13H,1H2,(H,16,18). The number of rotatable bonds is 4. The number of nitrogens with zero attached hydrogens (tertiary/aromatic N) is 1. The van der Waals surface area contributed by atoms with Gasteiger partial charge in [0.25, 0.3) is 5.56 Å². The Morgan fingerprint density at radius 1 is 1.23 bits per heavy atom. The third-order valence-corrected chi connectivity index (χ3v) is 6.49. The predicted molar refractivity (Wildman–Crippen MR) is 86.8 cm³/mol. The molecule has 2 heterocycles. The molecule has 0 saturated carbocycles. The van der Waals surface area contributed by atoms with Crippen molar-refractivity contribution in [3.05, 3.63) is 70.4 Å². The Balaban J connectivity index is 2.11. The second-order valence-corrected chi connectivity index (χ2v) is 7.78. The maximum atomic E-state index is 12.7. The molecule has 0 spiro atoms. The fourth-order valence-electron chi connectivity index (χ4n) is 2.16. The van der Waals surface area contributed by atoms with Crippen molar-refractivity contribution in [1.82, 2.24) is 10.2 Å². The van der Waals surface area contributed by atoms with Gasteiger partial charge in [-0.15, -0.1) is 17.9 Å². The van der Waals surface area contributed by atoms with E-state index in [0.717, 1.165) is 16.2 Å². The average Bonchev–Trinajstić information content (AvgIpc) is 2.91. The van der Waals surface area contributed by atoms with Gasteiger partial charge < -0.3 is 0 Å². The van der Waals surface area contributed by atoms with Gasteiger partial charge in [0.1, 0.15) is 5.25 Å². The Morgan fingerprint density at radius 3 is 2.64 bits per heavy atom. The molecule has 1 atom stereocenters. The summed E-state index contributed by atoms with van der Waals surface area (Å²) in [6.45, 7) is 3.64. The largest absolute Gasteiger partial charge is 0.268 e. The molecule has 112 valence electrons. The lowest BCUT2D eigenvalue weighted by molar-refractivity contribution is 0.584. The molecule has 0 radical (unpaired) electrons. The van der Waals surface area contributed by atoms with Crippen molar-refractivity contribution in [3.63, 3.8) is 0 Å². The Bertz CT molecular complexity index is 949. The highest BCUT2D eigenvalue weighted by atomic mass is 32.2. The van der Waals surface area contributed by atoms with Crippen LogP contribution in [-0.2, 0) is 9.84 Å². The zero-order valence-corrected chi connectivity index (χ0v) is 13.0. The third-order valence-electron chi connectivity index (χ3n) is 3.22. The van der Waals surface area contributed by atoms with Gasteiger partial charge >= 0.3 is 0 Å². The van der Waals surface area contributed by atoms with E-state index in [9.17, 15) is 13.2 Å². The minimum Gasteiger partial charge on any atom is -0.268 e. The minimum atomic E-state index is -3.76. The van der Waals surface area contributed by atoms with Crippen LogP contribution >= 0.6 is 11.3 Å². The number of sulfone groups is 1. The van der Waals surface area contributed by atoms with Crippen LogP contribution in [0.15, 0.2) is 64.9 Å². The van der Waals surface area contributed by atoms with Crippen LogP contribution < -0.4 is 5.56 Å². The highest BCUT2D eigenvalue weighted by molar-refractivity contribution is 7.91. The number of aromatic nitrogens is 2. The molecule has 0 bridgehead atoms. The fraction of sp³-hybridized carbons (Fsp3) is 0.0667. The van der Waals surface area contributed by atoms with Gasteiger partial charge in [0.2, 0.25) is 9.84 Å².